The first kappa shape index (κ1) is 12.6. The van der Waals surface area contributed by atoms with Gasteiger partial charge in [-0.25, -0.2) is 0 Å². The van der Waals surface area contributed by atoms with Crippen LogP contribution >= 0.6 is 23.4 Å². The molecule has 1 aromatic carbocycles. The fourth-order valence-corrected chi connectivity index (χ4v) is 2.66. The molecule has 0 bridgehead atoms. The lowest BCUT2D eigenvalue weighted by atomic mass is 10.3. The van der Waals surface area contributed by atoms with E-state index in [-0.39, 0.29) is 0 Å². The van der Waals surface area contributed by atoms with Gasteiger partial charge >= 0.3 is 0 Å². The molecule has 92 valence electrons. The fraction of sp³-hybridized carbons (Fsp3) is 0.417. The van der Waals surface area contributed by atoms with Crippen molar-refractivity contribution >= 4 is 34.2 Å². The number of halogens is 1. The Morgan fingerprint density at radius 3 is 3.06 bits per heavy atom. The van der Waals surface area contributed by atoms with Crippen LogP contribution in [0.1, 0.15) is 13.3 Å². The van der Waals surface area contributed by atoms with Crippen LogP contribution in [0.5, 0.6) is 5.75 Å². The minimum absolute atomic E-state index is 0.585. The molecule has 1 aliphatic rings. The first-order valence-corrected chi connectivity index (χ1v) is 6.80. The summed E-state index contributed by atoms with van der Waals surface area (Å²) < 4.78 is 5.17. The summed E-state index contributed by atoms with van der Waals surface area (Å²) >= 11 is 7.89. The normalized spacial score (nSPS) is 19.0. The first-order chi connectivity index (χ1) is 8.22. The molecule has 1 aromatic rings. The average Bonchev–Trinajstić information content (AvgIpc) is 2.80. The maximum absolute atomic E-state index is 6.12. The Morgan fingerprint density at radius 1 is 1.59 bits per heavy atom. The van der Waals surface area contributed by atoms with Gasteiger partial charge in [-0.15, -0.1) is 0 Å². The van der Waals surface area contributed by atoms with Crippen LogP contribution in [0.4, 0.5) is 5.69 Å². The maximum Gasteiger partial charge on any atom is 0.161 e. The van der Waals surface area contributed by atoms with Gasteiger partial charge in [0.15, 0.2) is 5.17 Å². The molecule has 0 saturated carbocycles. The van der Waals surface area contributed by atoms with E-state index in [0.29, 0.717) is 10.3 Å². The van der Waals surface area contributed by atoms with Gasteiger partial charge in [0.2, 0.25) is 0 Å². The zero-order valence-corrected chi connectivity index (χ0v) is 11.4. The molecule has 2 rings (SSSR count). The number of ether oxygens (including phenoxy) is 1. The number of nitrogens with one attached hydrogen (secondary N) is 1. The highest BCUT2D eigenvalue weighted by Gasteiger charge is 2.18. The summed E-state index contributed by atoms with van der Waals surface area (Å²) in [5, 5.41) is 5.45. The Morgan fingerprint density at radius 2 is 2.41 bits per heavy atom. The van der Waals surface area contributed by atoms with Crippen LogP contribution in [0.25, 0.3) is 0 Å². The molecule has 0 fully saturated rings. The molecule has 3 nitrogen and oxygen atoms in total. The van der Waals surface area contributed by atoms with Crippen LogP contribution in [-0.4, -0.2) is 24.1 Å². The Hall–Kier alpha value is -0.870. The van der Waals surface area contributed by atoms with Crippen LogP contribution in [0.15, 0.2) is 23.2 Å². The van der Waals surface area contributed by atoms with Gasteiger partial charge in [0.25, 0.3) is 0 Å². The lowest BCUT2D eigenvalue weighted by molar-refractivity contribution is 0.415. The molecule has 0 aromatic heterocycles. The minimum atomic E-state index is 0.585. The molecule has 0 radical (unpaired) electrons. The minimum Gasteiger partial charge on any atom is -0.497 e. The second-order valence-corrected chi connectivity index (χ2v) is 5.46. The number of hydrogen-bond donors (Lipinski definition) is 1. The monoisotopic (exact) mass is 270 g/mol. The van der Waals surface area contributed by atoms with E-state index in [0.717, 1.165) is 29.6 Å². The predicted octanol–water partition coefficient (Wildman–Crippen LogP) is 3.64. The molecule has 1 heterocycles. The van der Waals surface area contributed by atoms with Crippen molar-refractivity contribution in [2.24, 2.45) is 4.99 Å². The molecule has 0 saturated heterocycles. The lowest BCUT2D eigenvalue weighted by Gasteiger charge is -2.10. The second kappa shape index (κ2) is 5.65. The van der Waals surface area contributed by atoms with Crippen molar-refractivity contribution in [1.82, 2.24) is 0 Å². The van der Waals surface area contributed by atoms with E-state index in [1.165, 1.54) is 0 Å². The summed E-state index contributed by atoms with van der Waals surface area (Å²) in [6, 6.07) is 5.54. The number of methoxy groups -OCH3 is 1. The number of aliphatic imine (C=N–C) groups is 1. The van der Waals surface area contributed by atoms with Crippen LogP contribution < -0.4 is 10.1 Å². The summed E-state index contributed by atoms with van der Waals surface area (Å²) in [7, 11) is 1.64. The summed E-state index contributed by atoms with van der Waals surface area (Å²) in [5.74, 6) is 0.785. The zero-order valence-electron chi connectivity index (χ0n) is 9.87. The van der Waals surface area contributed by atoms with Crippen LogP contribution in [0.2, 0.25) is 5.02 Å². The number of benzene rings is 1. The third kappa shape index (κ3) is 3.07. The number of hydrogen-bond acceptors (Lipinski definition) is 4. The molecule has 1 unspecified atom stereocenters. The third-order valence-electron chi connectivity index (χ3n) is 2.59. The highest BCUT2D eigenvalue weighted by Crippen LogP contribution is 2.30. The summed E-state index contributed by atoms with van der Waals surface area (Å²) in [6.07, 6.45) is 1.13. The highest BCUT2D eigenvalue weighted by atomic mass is 35.5. The van der Waals surface area contributed by atoms with Crippen molar-refractivity contribution in [2.75, 3.05) is 19.0 Å². The molecule has 0 spiro atoms. The number of rotatable bonds is 3. The molecular weight excluding hydrogens is 256 g/mol. The Kier molecular flexibility index (Phi) is 4.18. The van der Waals surface area contributed by atoms with Crippen molar-refractivity contribution in [3.63, 3.8) is 0 Å². The Labute approximate surface area is 111 Å². The molecule has 17 heavy (non-hydrogen) atoms. The van der Waals surface area contributed by atoms with Crippen molar-refractivity contribution in [3.8, 4) is 5.75 Å². The second-order valence-electron chi connectivity index (χ2n) is 3.76. The topological polar surface area (TPSA) is 33.6 Å². The fourth-order valence-electron chi connectivity index (χ4n) is 1.54. The largest absolute Gasteiger partial charge is 0.497 e. The Balaban J connectivity index is 2.08. The Bertz CT molecular complexity index is 437. The lowest BCUT2D eigenvalue weighted by Crippen LogP contribution is -2.07. The molecule has 5 heteroatoms. The van der Waals surface area contributed by atoms with Gasteiger partial charge in [-0.2, -0.15) is 0 Å². The van der Waals surface area contributed by atoms with Crippen molar-refractivity contribution < 1.29 is 4.74 Å². The number of nitrogens with zero attached hydrogens (tertiary/aromatic N) is 1. The SMILES string of the molecule is CCC1CN=C(Nc2cc(OC)ccc2Cl)S1. The third-order valence-corrected chi connectivity index (χ3v) is 4.19. The van der Waals surface area contributed by atoms with Gasteiger partial charge in [-0.1, -0.05) is 30.3 Å². The van der Waals surface area contributed by atoms with E-state index in [4.69, 9.17) is 16.3 Å². The summed E-state index contributed by atoms with van der Waals surface area (Å²) in [4.78, 5) is 4.45. The zero-order chi connectivity index (χ0) is 12.3. The van der Waals surface area contributed by atoms with E-state index < -0.39 is 0 Å². The smallest absolute Gasteiger partial charge is 0.161 e. The predicted molar refractivity (Wildman–Crippen MR) is 75.6 cm³/mol. The highest BCUT2D eigenvalue weighted by molar-refractivity contribution is 8.15. The van der Waals surface area contributed by atoms with E-state index in [1.54, 1.807) is 18.9 Å². The summed E-state index contributed by atoms with van der Waals surface area (Å²) in [5.41, 5.74) is 0.842. The molecule has 1 N–H and O–H groups in total. The molecule has 1 aliphatic heterocycles. The average molecular weight is 271 g/mol. The van der Waals surface area contributed by atoms with E-state index in [2.05, 4.69) is 17.2 Å². The molecular formula is C12H15ClN2OS. The van der Waals surface area contributed by atoms with Gasteiger partial charge < -0.3 is 10.1 Å². The molecule has 0 amide bonds. The van der Waals surface area contributed by atoms with E-state index in [9.17, 15) is 0 Å². The van der Waals surface area contributed by atoms with Gasteiger partial charge in [0.05, 0.1) is 24.4 Å². The van der Waals surface area contributed by atoms with Gasteiger partial charge in [-0.05, 0) is 18.6 Å². The quantitative estimate of drug-likeness (QED) is 0.910. The van der Waals surface area contributed by atoms with Gasteiger partial charge in [-0.3, -0.25) is 4.99 Å². The molecule has 1 atom stereocenters. The van der Waals surface area contributed by atoms with Gasteiger partial charge in [0, 0.05) is 11.3 Å². The first-order valence-electron chi connectivity index (χ1n) is 5.54. The van der Waals surface area contributed by atoms with Crippen molar-refractivity contribution in [1.29, 1.82) is 0 Å². The van der Waals surface area contributed by atoms with Crippen molar-refractivity contribution in [2.45, 2.75) is 18.6 Å². The number of thioether (sulfide) groups is 1. The number of anilines is 1. The van der Waals surface area contributed by atoms with Gasteiger partial charge in [0.1, 0.15) is 5.75 Å². The summed E-state index contributed by atoms with van der Waals surface area (Å²) in [6.45, 7) is 3.06. The van der Waals surface area contributed by atoms with Crippen LogP contribution in [0.3, 0.4) is 0 Å². The van der Waals surface area contributed by atoms with Crippen LogP contribution in [0, 0.1) is 0 Å². The maximum atomic E-state index is 6.12. The van der Waals surface area contributed by atoms with Crippen LogP contribution in [-0.2, 0) is 0 Å². The van der Waals surface area contributed by atoms with E-state index in [1.807, 2.05) is 18.2 Å². The number of amidine groups is 1. The van der Waals surface area contributed by atoms with E-state index >= 15 is 0 Å². The standard InChI is InChI=1S/C12H15ClN2OS/c1-3-9-7-14-12(17-9)15-11-6-8(16-2)4-5-10(11)13/h4-6,9H,3,7H2,1-2H3,(H,14,15). The molecule has 0 aliphatic carbocycles. The van der Waals surface area contributed by atoms with Crippen molar-refractivity contribution in [3.05, 3.63) is 23.2 Å².